The fourth-order valence-corrected chi connectivity index (χ4v) is 5.90. The molecule has 35 heavy (non-hydrogen) atoms. The molecular formula is C28H32N2O5. The Morgan fingerprint density at radius 1 is 1.03 bits per heavy atom. The van der Waals surface area contributed by atoms with Crippen LogP contribution in [-0.4, -0.2) is 53.7 Å². The van der Waals surface area contributed by atoms with Gasteiger partial charge in [0, 0.05) is 19.0 Å². The van der Waals surface area contributed by atoms with Crippen LogP contribution in [0.2, 0.25) is 0 Å². The van der Waals surface area contributed by atoms with Crippen LogP contribution in [-0.2, 0) is 14.3 Å². The summed E-state index contributed by atoms with van der Waals surface area (Å²) in [5, 5.41) is 12.1. The van der Waals surface area contributed by atoms with Crippen molar-refractivity contribution in [1.82, 2.24) is 10.2 Å². The van der Waals surface area contributed by atoms with Gasteiger partial charge in [0.25, 0.3) is 0 Å². The number of piperidine rings is 1. The van der Waals surface area contributed by atoms with Gasteiger partial charge in [-0.05, 0) is 52.8 Å². The first-order valence-electron chi connectivity index (χ1n) is 12.4. The van der Waals surface area contributed by atoms with Crippen LogP contribution in [0.15, 0.2) is 48.5 Å². The van der Waals surface area contributed by atoms with Gasteiger partial charge in [0.2, 0.25) is 5.91 Å². The molecule has 1 unspecified atom stereocenters. The van der Waals surface area contributed by atoms with Gasteiger partial charge in [0.15, 0.2) is 0 Å². The zero-order chi connectivity index (χ0) is 24.7. The van der Waals surface area contributed by atoms with Crippen molar-refractivity contribution in [1.29, 1.82) is 0 Å². The third-order valence-corrected chi connectivity index (χ3v) is 8.11. The standard InChI is InChI=1S/C28H32N2O5/c1-17(2)24(25(31)30-13-11-28(12-14-30)15-23(28)26(32)33)29-27(34)35-16-22-20-9-5-3-7-18(20)19-8-4-6-10-21(19)22/h3-10,17,22-24H,11-16H2,1-2H3,(H,29,34)(H,32,33)/t23?,24-/m0/s1. The molecule has 2 N–H and O–H groups in total. The van der Waals surface area contributed by atoms with Crippen LogP contribution in [0.25, 0.3) is 11.1 Å². The van der Waals surface area contributed by atoms with Crippen molar-refractivity contribution in [3.05, 3.63) is 59.7 Å². The molecule has 3 aliphatic rings. The summed E-state index contributed by atoms with van der Waals surface area (Å²) >= 11 is 0. The van der Waals surface area contributed by atoms with Gasteiger partial charge in [0.1, 0.15) is 12.6 Å². The summed E-state index contributed by atoms with van der Waals surface area (Å²) in [7, 11) is 0. The average molecular weight is 477 g/mol. The maximum atomic E-state index is 13.2. The van der Waals surface area contributed by atoms with E-state index in [4.69, 9.17) is 4.74 Å². The number of hydrogen-bond donors (Lipinski definition) is 2. The Balaban J connectivity index is 1.20. The zero-order valence-corrected chi connectivity index (χ0v) is 20.2. The molecule has 2 aromatic carbocycles. The molecule has 1 spiro atoms. The number of nitrogens with zero attached hydrogens (tertiary/aromatic N) is 1. The van der Waals surface area contributed by atoms with Crippen molar-refractivity contribution in [3.8, 4) is 11.1 Å². The van der Waals surface area contributed by atoms with Crippen molar-refractivity contribution in [3.63, 3.8) is 0 Å². The molecule has 2 aliphatic carbocycles. The van der Waals surface area contributed by atoms with Crippen molar-refractivity contribution in [2.45, 2.75) is 45.1 Å². The number of ether oxygens (including phenoxy) is 1. The van der Waals surface area contributed by atoms with E-state index in [0.29, 0.717) is 32.4 Å². The van der Waals surface area contributed by atoms with E-state index in [1.807, 2.05) is 38.1 Å². The largest absolute Gasteiger partial charge is 0.481 e. The number of alkyl carbamates (subject to hydrolysis) is 1. The topological polar surface area (TPSA) is 95.9 Å². The molecule has 7 heteroatoms. The summed E-state index contributed by atoms with van der Waals surface area (Å²) in [5.41, 5.74) is 4.46. The Hall–Kier alpha value is -3.35. The SMILES string of the molecule is CC(C)[C@H](NC(=O)OCC1c2ccccc2-c2ccccc21)C(=O)N1CCC2(CC1)CC2C(=O)O. The summed E-state index contributed by atoms with van der Waals surface area (Å²) in [6, 6.07) is 15.6. The van der Waals surface area contributed by atoms with Gasteiger partial charge < -0.3 is 20.1 Å². The van der Waals surface area contributed by atoms with Crippen LogP contribution in [0.5, 0.6) is 0 Å². The Kier molecular flexibility index (Phi) is 6.03. The van der Waals surface area contributed by atoms with Crippen LogP contribution < -0.4 is 5.32 Å². The molecule has 5 rings (SSSR count). The molecule has 2 atom stereocenters. The molecule has 2 aromatic rings. The molecule has 0 aromatic heterocycles. The molecule has 7 nitrogen and oxygen atoms in total. The number of fused-ring (bicyclic) bond motifs is 3. The number of benzene rings is 2. The van der Waals surface area contributed by atoms with E-state index in [0.717, 1.165) is 22.3 Å². The monoisotopic (exact) mass is 476 g/mol. The number of hydrogen-bond acceptors (Lipinski definition) is 4. The number of carboxylic acid groups (broad SMARTS) is 1. The molecular weight excluding hydrogens is 444 g/mol. The highest BCUT2D eigenvalue weighted by molar-refractivity contribution is 5.86. The molecule has 1 aliphatic heterocycles. The number of carboxylic acids is 1. The number of aliphatic carboxylic acids is 1. The van der Waals surface area contributed by atoms with Crippen molar-refractivity contribution < 1.29 is 24.2 Å². The lowest BCUT2D eigenvalue weighted by Gasteiger charge is -2.35. The van der Waals surface area contributed by atoms with Gasteiger partial charge in [0.05, 0.1) is 5.92 Å². The van der Waals surface area contributed by atoms with E-state index < -0.39 is 18.1 Å². The van der Waals surface area contributed by atoms with Gasteiger partial charge in [-0.3, -0.25) is 9.59 Å². The predicted octanol–water partition coefficient (Wildman–Crippen LogP) is 4.26. The number of carbonyl (C=O) groups is 3. The number of nitrogens with one attached hydrogen (secondary N) is 1. The molecule has 2 amide bonds. The van der Waals surface area contributed by atoms with E-state index in [1.165, 1.54) is 0 Å². The first-order valence-corrected chi connectivity index (χ1v) is 12.4. The number of likely N-dealkylation sites (tertiary alicyclic amines) is 1. The lowest BCUT2D eigenvalue weighted by molar-refractivity contribution is -0.140. The average Bonchev–Trinajstić information content (AvgIpc) is 3.46. The highest BCUT2D eigenvalue weighted by atomic mass is 16.5. The minimum Gasteiger partial charge on any atom is -0.481 e. The molecule has 0 bridgehead atoms. The van der Waals surface area contributed by atoms with E-state index in [2.05, 4.69) is 29.6 Å². The Morgan fingerprint density at radius 2 is 1.60 bits per heavy atom. The van der Waals surface area contributed by atoms with Gasteiger partial charge in [-0.15, -0.1) is 0 Å². The Bertz CT molecular complexity index is 1110. The maximum absolute atomic E-state index is 13.2. The normalized spacial score (nSPS) is 20.8. The highest BCUT2D eigenvalue weighted by Crippen LogP contribution is 2.59. The summed E-state index contributed by atoms with van der Waals surface area (Å²) in [5.74, 6) is -1.29. The maximum Gasteiger partial charge on any atom is 0.407 e. The summed E-state index contributed by atoms with van der Waals surface area (Å²) < 4.78 is 5.66. The van der Waals surface area contributed by atoms with Crippen LogP contribution in [0, 0.1) is 17.3 Å². The minimum absolute atomic E-state index is 0.0413. The van der Waals surface area contributed by atoms with E-state index in [1.54, 1.807) is 4.90 Å². The van der Waals surface area contributed by atoms with Gasteiger partial charge in [-0.25, -0.2) is 4.79 Å². The molecule has 2 fully saturated rings. The lowest BCUT2D eigenvalue weighted by Crippen LogP contribution is -2.53. The third kappa shape index (κ3) is 4.28. The number of carbonyl (C=O) groups excluding carboxylic acids is 2. The van der Waals surface area contributed by atoms with Gasteiger partial charge in [-0.2, -0.15) is 0 Å². The second kappa shape index (κ2) is 9.02. The molecule has 0 radical (unpaired) electrons. The van der Waals surface area contributed by atoms with E-state index >= 15 is 0 Å². The summed E-state index contributed by atoms with van der Waals surface area (Å²) in [4.78, 5) is 39.1. The van der Waals surface area contributed by atoms with E-state index in [-0.39, 0.29) is 35.7 Å². The number of rotatable bonds is 6. The summed E-state index contributed by atoms with van der Waals surface area (Å²) in [6.07, 6.45) is 1.51. The molecule has 184 valence electrons. The molecule has 1 saturated carbocycles. The first-order chi connectivity index (χ1) is 16.8. The quantitative estimate of drug-likeness (QED) is 0.649. The lowest BCUT2D eigenvalue weighted by atomic mass is 9.90. The second-order valence-electron chi connectivity index (χ2n) is 10.5. The van der Waals surface area contributed by atoms with Crippen molar-refractivity contribution >= 4 is 18.0 Å². The number of amides is 2. The summed E-state index contributed by atoms with van der Waals surface area (Å²) in [6.45, 7) is 5.05. The Morgan fingerprint density at radius 3 is 2.11 bits per heavy atom. The van der Waals surface area contributed by atoms with Crippen molar-refractivity contribution in [2.24, 2.45) is 17.3 Å². The van der Waals surface area contributed by atoms with Gasteiger partial charge >= 0.3 is 12.1 Å². The fourth-order valence-electron chi connectivity index (χ4n) is 5.90. The third-order valence-electron chi connectivity index (χ3n) is 8.11. The highest BCUT2D eigenvalue weighted by Gasteiger charge is 2.59. The van der Waals surface area contributed by atoms with E-state index in [9.17, 15) is 19.5 Å². The molecule has 1 heterocycles. The predicted molar refractivity (Wildman–Crippen MR) is 131 cm³/mol. The fraction of sp³-hybridized carbons (Fsp3) is 0.464. The van der Waals surface area contributed by atoms with Crippen LogP contribution in [0.1, 0.15) is 50.2 Å². The smallest absolute Gasteiger partial charge is 0.407 e. The minimum atomic E-state index is -0.734. The second-order valence-corrected chi connectivity index (χ2v) is 10.5. The zero-order valence-electron chi connectivity index (χ0n) is 20.2. The van der Waals surface area contributed by atoms with Crippen LogP contribution >= 0.6 is 0 Å². The van der Waals surface area contributed by atoms with Crippen molar-refractivity contribution in [2.75, 3.05) is 19.7 Å². The molecule has 1 saturated heterocycles. The van der Waals surface area contributed by atoms with Crippen LogP contribution in [0.3, 0.4) is 0 Å². The Labute approximate surface area is 205 Å². The first kappa shape index (κ1) is 23.4. The van der Waals surface area contributed by atoms with Crippen LogP contribution in [0.4, 0.5) is 4.79 Å². The van der Waals surface area contributed by atoms with Gasteiger partial charge in [-0.1, -0.05) is 62.4 Å².